The number of piperidine rings is 1. The normalized spacial score (nSPS) is 22.3. The van der Waals surface area contributed by atoms with Gasteiger partial charge in [0, 0.05) is 12.6 Å². The molecule has 1 fully saturated rings. The van der Waals surface area contributed by atoms with Gasteiger partial charge >= 0.3 is 0 Å². The molecule has 23 heavy (non-hydrogen) atoms. The Hall–Kier alpha value is -1.81. The molecule has 2 aliphatic rings. The number of hydrogen-bond acceptors (Lipinski definition) is 3. The Balaban J connectivity index is 2.00. The van der Waals surface area contributed by atoms with Gasteiger partial charge in [0.25, 0.3) is 11.8 Å². The van der Waals surface area contributed by atoms with Crippen molar-refractivity contribution < 1.29 is 9.59 Å². The molecule has 0 spiro atoms. The molecule has 1 aromatic carbocycles. The highest BCUT2D eigenvalue weighted by Crippen LogP contribution is 2.35. The van der Waals surface area contributed by atoms with Crippen molar-refractivity contribution in [2.45, 2.75) is 46.1 Å². The van der Waals surface area contributed by atoms with E-state index in [-0.39, 0.29) is 17.0 Å². The molecule has 1 unspecified atom stereocenters. The van der Waals surface area contributed by atoms with E-state index < -0.39 is 5.91 Å². The number of aryl methyl sites for hydroxylation is 2. The molecule has 0 radical (unpaired) electrons. The number of halogens is 1. The van der Waals surface area contributed by atoms with Crippen LogP contribution in [0.3, 0.4) is 0 Å². The summed E-state index contributed by atoms with van der Waals surface area (Å²) in [7, 11) is 0. The molecule has 2 heterocycles. The fraction of sp³-hybridized carbons (Fsp3) is 0.444. The van der Waals surface area contributed by atoms with E-state index in [4.69, 9.17) is 11.6 Å². The summed E-state index contributed by atoms with van der Waals surface area (Å²) in [6.07, 6.45) is 3.17. The molecule has 1 aromatic rings. The number of rotatable bonds is 2. The molecule has 1 saturated heterocycles. The zero-order chi connectivity index (χ0) is 16.7. The third kappa shape index (κ3) is 2.65. The van der Waals surface area contributed by atoms with Crippen molar-refractivity contribution in [2.24, 2.45) is 0 Å². The summed E-state index contributed by atoms with van der Waals surface area (Å²) in [6.45, 7) is 6.68. The summed E-state index contributed by atoms with van der Waals surface area (Å²) >= 11 is 6.28. The van der Waals surface area contributed by atoms with E-state index in [1.165, 1.54) is 4.90 Å². The van der Waals surface area contributed by atoms with Gasteiger partial charge in [0.1, 0.15) is 10.7 Å². The molecular formula is C18H21ClN2O2. The van der Waals surface area contributed by atoms with E-state index in [0.29, 0.717) is 11.4 Å². The standard InChI is InChI=1S/C18H21ClN2O2/c1-11-7-8-12(2)14(10-11)21-17(22)15(19)16(18(21)23)20-9-5-4-6-13(20)3/h7-8,10,13H,4-6,9H2,1-3H3. The first kappa shape index (κ1) is 16.1. The second-order valence-electron chi connectivity index (χ2n) is 6.44. The average Bonchev–Trinajstić information content (AvgIpc) is 2.73. The van der Waals surface area contributed by atoms with Crippen molar-refractivity contribution in [3.8, 4) is 0 Å². The van der Waals surface area contributed by atoms with E-state index in [2.05, 4.69) is 6.92 Å². The predicted molar refractivity (Wildman–Crippen MR) is 91.3 cm³/mol. The molecule has 2 amide bonds. The summed E-state index contributed by atoms with van der Waals surface area (Å²) < 4.78 is 0. The maximum atomic E-state index is 13.0. The lowest BCUT2D eigenvalue weighted by atomic mass is 10.0. The van der Waals surface area contributed by atoms with E-state index in [1.54, 1.807) is 0 Å². The molecule has 0 N–H and O–H groups in total. The van der Waals surface area contributed by atoms with Crippen LogP contribution in [-0.2, 0) is 9.59 Å². The SMILES string of the molecule is Cc1ccc(C)c(N2C(=O)C(Cl)=C(N3CCCCC3C)C2=O)c1. The molecule has 0 bridgehead atoms. The van der Waals surface area contributed by atoms with Crippen LogP contribution in [-0.4, -0.2) is 29.3 Å². The van der Waals surface area contributed by atoms with Crippen molar-refractivity contribution in [3.05, 3.63) is 40.1 Å². The highest BCUT2D eigenvalue weighted by molar-refractivity contribution is 6.52. The fourth-order valence-electron chi connectivity index (χ4n) is 3.35. The van der Waals surface area contributed by atoms with Crippen LogP contribution < -0.4 is 4.90 Å². The van der Waals surface area contributed by atoms with Gasteiger partial charge in [-0.3, -0.25) is 9.59 Å². The Bertz CT molecular complexity index is 711. The van der Waals surface area contributed by atoms with Crippen LogP contribution in [0.4, 0.5) is 5.69 Å². The molecule has 1 atom stereocenters. The van der Waals surface area contributed by atoms with Gasteiger partial charge < -0.3 is 4.90 Å². The van der Waals surface area contributed by atoms with Crippen LogP contribution in [0.15, 0.2) is 28.9 Å². The highest BCUT2D eigenvalue weighted by atomic mass is 35.5. The van der Waals surface area contributed by atoms with Gasteiger partial charge in [-0.2, -0.15) is 0 Å². The van der Waals surface area contributed by atoms with Crippen molar-refractivity contribution in [1.82, 2.24) is 4.90 Å². The number of nitrogens with zero attached hydrogens (tertiary/aromatic N) is 2. The van der Waals surface area contributed by atoms with Crippen molar-refractivity contribution in [2.75, 3.05) is 11.4 Å². The van der Waals surface area contributed by atoms with Gasteiger partial charge in [0.2, 0.25) is 0 Å². The lowest BCUT2D eigenvalue weighted by Gasteiger charge is -2.35. The lowest BCUT2D eigenvalue weighted by Crippen LogP contribution is -2.41. The molecule has 0 aromatic heterocycles. The first-order valence-corrected chi connectivity index (χ1v) is 8.42. The zero-order valence-electron chi connectivity index (χ0n) is 13.7. The Morgan fingerprint density at radius 1 is 1.13 bits per heavy atom. The predicted octanol–water partition coefficient (Wildman–Crippen LogP) is 3.50. The number of amides is 2. The van der Waals surface area contributed by atoms with E-state index in [1.807, 2.05) is 36.9 Å². The first-order valence-electron chi connectivity index (χ1n) is 8.04. The Morgan fingerprint density at radius 3 is 2.57 bits per heavy atom. The minimum atomic E-state index is -0.418. The van der Waals surface area contributed by atoms with Crippen LogP contribution in [0, 0.1) is 13.8 Å². The van der Waals surface area contributed by atoms with Gasteiger partial charge in [-0.25, -0.2) is 4.90 Å². The quantitative estimate of drug-likeness (QED) is 0.778. The lowest BCUT2D eigenvalue weighted by molar-refractivity contribution is -0.121. The molecule has 3 rings (SSSR count). The Labute approximate surface area is 141 Å². The molecule has 2 aliphatic heterocycles. The van der Waals surface area contributed by atoms with Crippen LogP contribution in [0.2, 0.25) is 0 Å². The molecule has 0 aliphatic carbocycles. The number of benzene rings is 1. The summed E-state index contributed by atoms with van der Waals surface area (Å²) in [4.78, 5) is 28.8. The molecular weight excluding hydrogens is 312 g/mol. The number of carbonyl (C=O) groups is 2. The number of carbonyl (C=O) groups excluding carboxylic acids is 2. The van der Waals surface area contributed by atoms with Crippen molar-refractivity contribution in [1.29, 1.82) is 0 Å². The summed E-state index contributed by atoms with van der Waals surface area (Å²) in [5.74, 6) is -0.722. The maximum absolute atomic E-state index is 13.0. The van der Waals surface area contributed by atoms with Crippen LogP contribution in [0.1, 0.15) is 37.3 Å². The number of hydrogen-bond donors (Lipinski definition) is 0. The molecule has 5 heteroatoms. The number of likely N-dealkylation sites (tertiary alicyclic amines) is 1. The van der Waals surface area contributed by atoms with Crippen LogP contribution >= 0.6 is 11.6 Å². The van der Waals surface area contributed by atoms with Crippen molar-refractivity contribution in [3.63, 3.8) is 0 Å². The van der Waals surface area contributed by atoms with Gasteiger partial charge in [0.05, 0.1) is 5.69 Å². The minimum Gasteiger partial charge on any atom is -0.363 e. The zero-order valence-corrected chi connectivity index (χ0v) is 14.5. The average molecular weight is 333 g/mol. The molecule has 4 nitrogen and oxygen atoms in total. The summed E-state index contributed by atoms with van der Waals surface area (Å²) in [5, 5.41) is 0.0460. The van der Waals surface area contributed by atoms with E-state index >= 15 is 0 Å². The van der Waals surface area contributed by atoms with Gasteiger partial charge in [0.15, 0.2) is 0 Å². The topological polar surface area (TPSA) is 40.6 Å². The monoisotopic (exact) mass is 332 g/mol. The number of imide groups is 1. The minimum absolute atomic E-state index is 0.0460. The Kier molecular flexibility index (Phi) is 4.19. The maximum Gasteiger partial charge on any atom is 0.283 e. The second-order valence-corrected chi connectivity index (χ2v) is 6.81. The Morgan fingerprint density at radius 2 is 1.87 bits per heavy atom. The first-order chi connectivity index (χ1) is 10.9. The van der Waals surface area contributed by atoms with Gasteiger partial charge in [-0.05, 0) is 57.2 Å². The molecule has 0 saturated carbocycles. The summed E-state index contributed by atoms with van der Waals surface area (Å²) in [5.41, 5.74) is 2.87. The largest absolute Gasteiger partial charge is 0.363 e. The van der Waals surface area contributed by atoms with Crippen LogP contribution in [0.25, 0.3) is 0 Å². The van der Waals surface area contributed by atoms with Gasteiger partial charge in [-0.15, -0.1) is 0 Å². The fourth-order valence-corrected chi connectivity index (χ4v) is 3.62. The third-order valence-electron chi connectivity index (χ3n) is 4.70. The number of anilines is 1. The molecule has 122 valence electrons. The third-order valence-corrected chi connectivity index (χ3v) is 5.04. The van der Waals surface area contributed by atoms with Crippen LogP contribution in [0.5, 0.6) is 0 Å². The van der Waals surface area contributed by atoms with Crippen molar-refractivity contribution >= 4 is 29.1 Å². The smallest absolute Gasteiger partial charge is 0.283 e. The van der Waals surface area contributed by atoms with E-state index in [0.717, 1.165) is 36.9 Å². The van der Waals surface area contributed by atoms with E-state index in [9.17, 15) is 9.59 Å². The summed E-state index contributed by atoms with van der Waals surface area (Å²) in [6, 6.07) is 5.97. The second kappa shape index (κ2) is 6.00. The van der Waals surface area contributed by atoms with Gasteiger partial charge in [-0.1, -0.05) is 23.7 Å². The highest BCUT2D eigenvalue weighted by Gasteiger charge is 2.43.